The van der Waals surface area contributed by atoms with Crippen molar-refractivity contribution in [3.05, 3.63) is 42.4 Å². The van der Waals surface area contributed by atoms with E-state index in [9.17, 15) is 0 Å². The summed E-state index contributed by atoms with van der Waals surface area (Å²) < 4.78 is 0. The van der Waals surface area contributed by atoms with Crippen LogP contribution in [0, 0.1) is 0 Å². The van der Waals surface area contributed by atoms with Crippen molar-refractivity contribution in [1.82, 2.24) is 25.4 Å². The van der Waals surface area contributed by atoms with Crippen molar-refractivity contribution in [2.45, 2.75) is 6.42 Å². The molecule has 1 aromatic carbocycles. The van der Waals surface area contributed by atoms with Gasteiger partial charge in [0.15, 0.2) is 6.33 Å². The average Bonchev–Trinajstić information content (AvgIpc) is 2.84. The Bertz CT molecular complexity index is 633. The normalized spacial score (nSPS) is 10.7. The second kappa shape index (κ2) is 4.79. The van der Waals surface area contributed by atoms with Gasteiger partial charge in [-0.2, -0.15) is 0 Å². The Labute approximate surface area is 103 Å². The number of nitrogens with one attached hydrogen (secondary N) is 2. The maximum absolute atomic E-state index is 3.82. The molecule has 0 atom stereocenters. The van der Waals surface area contributed by atoms with Crippen LogP contribution >= 0.6 is 0 Å². The van der Waals surface area contributed by atoms with E-state index in [0.717, 1.165) is 18.5 Å². The van der Waals surface area contributed by atoms with Gasteiger partial charge < -0.3 is 10.3 Å². The van der Waals surface area contributed by atoms with Crippen molar-refractivity contribution in [2.75, 3.05) is 11.9 Å². The van der Waals surface area contributed by atoms with Crippen molar-refractivity contribution < 1.29 is 0 Å². The Morgan fingerprint density at radius 1 is 1.11 bits per heavy atom. The van der Waals surface area contributed by atoms with Crippen molar-refractivity contribution >= 4 is 16.9 Å². The van der Waals surface area contributed by atoms with E-state index in [2.05, 4.69) is 42.8 Å². The Balaban J connectivity index is 1.67. The van der Waals surface area contributed by atoms with Gasteiger partial charge in [-0.05, 0) is 18.1 Å². The highest BCUT2D eigenvalue weighted by molar-refractivity contribution is 5.83. The molecule has 18 heavy (non-hydrogen) atoms. The van der Waals surface area contributed by atoms with Crippen molar-refractivity contribution in [3.63, 3.8) is 0 Å². The van der Waals surface area contributed by atoms with Crippen LogP contribution in [0.2, 0.25) is 0 Å². The number of hydrogen-bond acceptors (Lipinski definition) is 5. The van der Waals surface area contributed by atoms with E-state index in [1.165, 1.54) is 17.3 Å². The molecular formula is C12H12N6. The molecular weight excluding hydrogens is 228 g/mol. The number of aromatic nitrogens is 5. The van der Waals surface area contributed by atoms with Crippen LogP contribution in [0.5, 0.6) is 0 Å². The van der Waals surface area contributed by atoms with Crippen LogP contribution in [0.3, 0.4) is 0 Å². The molecule has 2 aromatic heterocycles. The third kappa shape index (κ3) is 2.13. The maximum atomic E-state index is 3.82. The summed E-state index contributed by atoms with van der Waals surface area (Å²) in [4.78, 5) is 3.25. The molecule has 0 spiro atoms. The third-order valence-electron chi connectivity index (χ3n) is 2.76. The van der Waals surface area contributed by atoms with E-state index in [1.54, 1.807) is 0 Å². The second-order valence-corrected chi connectivity index (χ2v) is 3.91. The topological polar surface area (TPSA) is 79.4 Å². The first-order chi connectivity index (χ1) is 8.93. The van der Waals surface area contributed by atoms with Gasteiger partial charge in [0.25, 0.3) is 5.95 Å². The van der Waals surface area contributed by atoms with E-state index in [1.807, 2.05) is 18.3 Å². The number of nitrogens with zero attached hydrogens (tertiary/aromatic N) is 4. The number of H-pyrrole nitrogens is 1. The number of fused-ring (bicyclic) bond motifs is 1. The van der Waals surface area contributed by atoms with Crippen LogP contribution in [0.4, 0.5) is 5.95 Å². The molecule has 0 radical (unpaired) electrons. The second-order valence-electron chi connectivity index (χ2n) is 3.91. The Morgan fingerprint density at radius 2 is 1.94 bits per heavy atom. The van der Waals surface area contributed by atoms with Gasteiger partial charge in [0.05, 0.1) is 0 Å². The zero-order valence-electron chi connectivity index (χ0n) is 9.67. The van der Waals surface area contributed by atoms with Crippen molar-refractivity contribution in [2.24, 2.45) is 0 Å². The van der Waals surface area contributed by atoms with Crippen molar-refractivity contribution in [3.8, 4) is 0 Å². The fraction of sp³-hybridized carbons (Fsp3) is 0.167. The summed E-state index contributed by atoms with van der Waals surface area (Å²) in [6.45, 7) is 0.745. The Kier molecular flexibility index (Phi) is 2.83. The molecule has 6 nitrogen and oxygen atoms in total. The highest BCUT2D eigenvalue weighted by atomic mass is 15.3. The molecule has 3 aromatic rings. The standard InChI is InChI=1S/C12H12N6/c1-2-4-11-10(3-1)9(7-14-11)5-6-13-12-17-15-8-16-18-12/h1-4,7-8,14H,5-6H2,(H,13,17,18). The Morgan fingerprint density at radius 3 is 2.83 bits per heavy atom. The molecule has 0 aliphatic rings. The summed E-state index contributed by atoms with van der Waals surface area (Å²) in [6, 6.07) is 8.25. The highest BCUT2D eigenvalue weighted by Crippen LogP contribution is 2.17. The quantitative estimate of drug-likeness (QED) is 0.720. The van der Waals surface area contributed by atoms with E-state index in [-0.39, 0.29) is 0 Å². The van der Waals surface area contributed by atoms with Crippen LogP contribution in [0.1, 0.15) is 5.56 Å². The molecule has 90 valence electrons. The molecule has 0 aliphatic carbocycles. The lowest BCUT2D eigenvalue weighted by molar-refractivity contribution is 0.843. The third-order valence-corrected chi connectivity index (χ3v) is 2.76. The van der Waals surface area contributed by atoms with Crippen LogP contribution in [0.25, 0.3) is 10.9 Å². The Hall–Kier alpha value is -2.50. The van der Waals surface area contributed by atoms with Gasteiger partial charge in [-0.3, -0.25) is 0 Å². The summed E-state index contributed by atoms with van der Waals surface area (Å²) in [5.74, 6) is 0.456. The smallest absolute Gasteiger partial charge is 0.262 e. The molecule has 0 amide bonds. The molecule has 0 fully saturated rings. The molecule has 0 bridgehead atoms. The number of benzene rings is 1. The largest absolute Gasteiger partial charge is 0.361 e. The predicted molar refractivity (Wildman–Crippen MR) is 68.1 cm³/mol. The summed E-state index contributed by atoms with van der Waals surface area (Å²) >= 11 is 0. The lowest BCUT2D eigenvalue weighted by Gasteiger charge is -2.01. The first-order valence-corrected chi connectivity index (χ1v) is 5.73. The van der Waals surface area contributed by atoms with Crippen LogP contribution in [-0.2, 0) is 6.42 Å². The SMILES string of the molecule is c1ccc2c(CCNc3nncnn3)c[nH]c2c1. The van der Waals surface area contributed by atoms with Gasteiger partial charge in [0.2, 0.25) is 0 Å². The lowest BCUT2D eigenvalue weighted by atomic mass is 10.1. The number of aromatic amines is 1. The van der Waals surface area contributed by atoms with Crippen molar-refractivity contribution in [1.29, 1.82) is 0 Å². The van der Waals surface area contributed by atoms with Gasteiger partial charge in [-0.1, -0.05) is 18.2 Å². The molecule has 2 heterocycles. The van der Waals surface area contributed by atoms with E-state index < -0.39 is 0 Å². The fourth-order valence-corrected chi connectivity index (χ4v) is 1.92. The number of rotatable bonds is 4. The molecule has 3 rings (SSSR count). The fourth-order valence-electron chi connectivity index (χ4n) is 1.92. The molecule has 0 aliphatic heterocycles. The number of anilines is 1. The number of hydrogen-bond donors (Lipinski definition) is 2. The van der Waals surface area contributed by atoms with E-state index >= 15 is 0 Å². The molecule has 2 N–H and O–H groups in total. The highest BCUT2D eigenvalue weighted by Gasteiger charge is 2.02. The van der Waals surface area contributed by atoms with Crippen LogP contribution in [0.15, 0.2) is 36.8 Å². The zero-order valence-corrected chi connectivity index (χ0v) is 9.67. The summed E-state index contributed by atoms with van der Waals surface area (Å²) in [5, 5.41) is 19.3. The minimum atomic E-state index is 0.456. The van der Waals surface area contributed by atoms with Crippen LogP contribution in [-0.4, -0.2) is 31.9 Å². The van der Waals surface area contributed by atoms with Gasteiger partial charge in [-0.15, -0.1) is 20.4 Å². The summed E-state index contributed by atoms with van der Waals surface area (Å²) in [7, 11) is 0. The average molecular weight is 240 g/mol. The minimum Gasteiger partial charge on any atom is -0.361 e. The van der Waals surface area contributed by atoms with Gasteiger partial charge in [0.1, 0.15) is 0 Å². The molecule has 0 saturated heterocycles. The van der Waals surface area contributed by atoms with Gasteiger partial charge in [-0.25, -0.2) is 0 Å². The minimum absolute atomic E-state index is 0.456. The van der Waals surface area contributed by atoms with Gasteiger partial charge >= 0.3 is 0 Å². The predicted octanol–water partition coefficient (Wildman–Crippen LogP) is 1.40. The number of para-hydroxylation sites is 1. The first-order valence-electron chi connectivity index (χ1n) is 5.73. The molecule has 0 unspecified atom stereocenters. The van der Waals surface area contributed by atoms with E-state index in [0.29, 0.717) is 5.95 Å². The van der Waals surface area contributed by atoms with Gasteiger partial charge in [0, 0.05) is 23.6 Å². The van der Waals surface area contributed by atoms with Crippen LogP contribution < -0.4 is 5.32 Å². The molecule has 6 heteroatoms. The molecule has 0 saturated carbocycles. The first kappa shape index (κ1) is 10.6. The lowest BCUT2D eigenvalue weighted by Crippen LogP contribution is -2.08. The monoisotopic (exact) mass is 240 g/mol. The maximum Gasteiger partial charge on any atom is 0.262 e. The summed E-state index contributed by atoms with van der Waals surface area (Å²) in [6.07, 6.45) is 4.24. The summed E-state index contributed by atoms with van der Waals surface area (Å²) in [5.41, 5.74) is 2.43. The zero-order chi connectivity index (χ0) is 12.2. The van der Waals surface area contributed by atoms with E-state index in [4.69, 9.17) is 0 Å².